The molecular formula is C18H19NO4. The van der Waals surface area contributed by atoms with Crippen LogP contribution >= 0.6 is 0 Å². The average molecular weight is 313 g/mol. The zero-order valence-electron chi connectivity index (χ0n) is 13.2. The maximum absolute atomic E-state index is 11.2. The van der Waals surface area contributed by atoms with Crippen molar-refractivity contribution in [2.24, 2.45) is 0 Å². The zero-order chi connectivity index (χ0) is 16.4. The standard InChI is InChI=1S/C18H19NO4/c1-12-11-23-17-8-5-14(18(20)21)9-16(17)19(12)10-13-3-6-15(22-2)7-4-13/h3-9,12H,10-11H2,1-2H3,(H,20,21)/t12-/m1/s1. The number of aromatic carboxylic acids is 1. The number of benzene rings is 2. The monoisotopic (exact) mass is 313 g/mol. The maximum Gasteiger partial charge on any atom is 0.335 e. The number of fused-ring (bicyclic) bond motifs is 1. The molecule has 0 spiro atoms. The molecule has 0 aliphatic carbocycles. The Morgan fingerprint density at radius 2 is 2.04 bits per heavy atom. The van der Waals surface area contributed by atoms with Crippen LogP contribution in [0.25, 0.3) is 0 Å². The van der Waals surface area contributed by atoms with Crippen molar-refractivity contribution in [3.63, 3.8) is 0 Å². The highest BCUT2D eigenvalue weighted by Crippen LogP contribution is 2.36. The lowest BCUT2D eigenvalue weighted by molar-refractivity contribution is 0.0697. The number of nitrogens with zero attached hydrogens (tertiary/aromatic N) is 1. The second kappa shape index (κ2) is 6.20. The van der Waals surface area contributed by atoms with Gasteiger partial charge in [0.2, 0.25) is 0 Å². The summed E-state index contributed by atoms with van der Waals surface area (Å²) >= 11 is 0. The Bertz CT molecular complexity index is 711. The number of carboxylic acids is 1. The van der Waals surface area contributed by atoms with E-state index < -0.39 is 5.97 Å². The third kappa shape index (κ3) is 3.08. The first-order chi connectivity index (χ1) is 11.1. The van der Waals surface area contributed by atoms with E-state index in [2.05, 4.69) is 11.8 Å². The fourth-order valence-corrected chi connectivity index (χ4v) is 2.70. The fraction of sp³-hybridized carbons (Fsp3) is 0.278. The Labute approximate surface area is 135 Å². The molecule has 0 saturated carbocycles. The van der Waals surface area contributed by atoms with Gasteiger partial charge in [0.15, 0.2) is 0 Å². The van der Waals surface area contributed by atoms with Crippen LogP contribution < -0.4 is 14.4 Å². The lowest BCUT2D eigenvalue weighted by Crippen LogP contribution is -2.40. The summed E-state index contributed by atoms with van der Waals surface area (Å²) in [6, 6.07) is 13.0. The molecule has 1 aliphatic heterocycles. The normalized spacial score (nSPS) is 16.4. The first-order valence-electron chi connectivity index (χ1n) is 7.48. The summed E-state index contributed by atoms with van der Waals surface area (Å²) < 4.78 is 10.9. The van der Waals surface area contributed by atoms with Crippen LogP contribution in [0.4, 0.5) is 5.69 Å². The lowest BCUT2D eigenvalue weighted by Gasteiger charge is -2.37. The number of methoxy groups -OCH3 is 1. The number of hydrogen-bond acceptors (Lipinski definition) is 4. The van der Waals surface area contributed by atoms with Crippen LogP contribution in [0.2, 0.25) is 0 Å². The van der Waals surface area contributed by atoms with Gasteiger partial charge in [-0.3, -0.25) is 0 Å². The summed E-state index contributed by atoms with van der Waals surface area (Å²) in [5.41, 5.74) is 2.21. The van der Waals surface area contributed by atoms with Crippen LogP contribution in [-0.2, 0) is 6.54 Å². The molecule has 0 aromatic heterocycles. The van der Waals surface area contributed by atoms with Gasteiger partial charge in [0, 0.05) is 6.54 Å². The van der Waals surface area contributed by atoms with E-state index in [1.54, 1.807) is 25.3 Å². The van der Waals surface area contributed by atoms with Crippen LogP contribution in [0.3, 0.4) is 0 Å². The highest BCUT2D eigenvalue weighted by molar-refractivity contribution is 5.89. The minimum Gasteiger partial charge on any atom is -0.497 e. The Hall–Kier alpha value is -2.69. The van der Waals surface area contributed by atoms with E-state index in [1.165, 1.54) is 0 Å². The lowest BCUT2D eigenvalue weighted by atomic mass is 10.1. The molecule has 1 aliphatic rings. The first kappa shape index (κ1) is 15.2. The van der Waals surface area contributed by atoms with E-state index in [4.69, 9.17) is 9.47 Å². The molecule has 1 N–H and O–H groups in total. The molecule has 0 amide bonds. The largest absolute Gasteiger partial charge is 0.497 e. The van der Waals surface area contributed by atoms with Crippen molar-refractivity contribution in [1.29, 1.82) is 0 Å². The van der Waals surface area contributed by atoms with Gasteiger partial charge in [0.25, 0.3) is 0 Å². The van der Waals surface area contributed by atoms with E-state index in [0.29, 0.717) is 13.2 Å². The van der Waals surface area contributed by atoms with Crippen LogP contribution in [0, 0.1) is 0 Å². The van der Waals surface area contributed by atoms with E-state index >= 15 is 0 Å². The summed E-state index contributed by atoms with van der Waals surface area (Å²) in [6.07, 6.45) is 0. The molecule has 0 unspecified atom stereocenters. The Morgan fingerprint density at radius 3 is 2.70 bits per heavy atom. The molecule has 0 radical (unpaired) electrons. The summed E-state index contributed by atoms with van der Waals surface area (Å²) in [4.78, 5) is 13.4. The summed E-state index contributed by atoms with van der Waals surface area (Å²) in [6.45, 7) is 3.33. The quantitative estimate of drug-likeness (QED) is 0.939. The number of ether oxygens (including phenoxy) is 2. The molecule has 120 valence electrons. The van der Waals surface area contributed by atoms with Crippen LogP contribution in [0.5, 0.6) is 11.5 Å². The molecule has 1 atom stereocenters. The predicted molar refractivity (Wildman–Crippen MR) is 87.5 cm³/mol. The Balaban J connectivity index is 1.92. The van der Waals surface area contributed by atoms with Crippen molar-refractivity contribution >= 4 is 11.7 Å². The molecule has 2 aromatic rings. The molecule has 0 bridgehead atoms. The third-order valence-electron chi connectivity index (χ3n) is 4.04. The van der Waals surface area contributed by atoms with Crippen LogP contribution in [0.15, 0.2) is 42.5 Å². The van der Waals surface area contributed by atoms with E-state index in [9.17, 15) is 9.90 Å². The van der Waals surface area contributed by atoms with Gasteiger partial charge in [0.1, 0.15) is 18.1 Å². The van der Waals surface area contributed by atoms with E-state index in [1.807, 2.05) is 24.3 Å². The molecule has 23 heavy (non-hydrogen) atoms. The average Bonchev–Trinajstić information content (AvgIpc) is 2.57. The highest BCUT2D eigenvalue weighted by Gasteiger charge is 2.25. The smallest absolute Gasteiger partial charge is 0.335 e. The van der Waals surface area contributed by atoms with Crippen molar-refractivity contribution in [3.8, 4) is 11.5 Å². The Kier molecular flexibility index (Phi) is 4.10. The first-order valence-corrected chi connectivity index (χ1v) is 7.48. The van der Waals surface area contributed by atoms with Gasteiger partial charge in [-0.25, -0.2) is 4.79 Å². The molecule has 0 saturated heterocycles. The summed E-state index contributed by atoms with van der Waals surface area (Å²) in [5, 5.41) is 9.21. The van der Waals surface area contributed by atoms with Crippen molar-refractivity contribution in [3.05, 3.63) is 53.6 Å². The predicted octanol–water partition coefficient (Wildman–Crippen LogP) is 3.18. The molecule has 5 nitrogen and oxygen atoms in total. The number of anilines is 1. The SMILES string of the molecule is COc1ccc(CN2c3cc(C(=O)O)ccc3OC[C@H]2C)cc1. The van der Waals surface area contributed by atoms with Crippen LogP contribution in [-0.4, -0.2) is 30.8 Å². The van der Waals surface area contributed by atoms with Gasteiger partial charge in [-0.15, -0.1) is 0 Å². The van der Waals surface area contributed by atoms with Crippen molar-refractivity contribution in [2.75, 3.05) is 18.6 Å². The highest BCUT2D eigenvalue weighted by atomic mass is 16.5. The molecular weight excluding hydrogens is 294 g/mol. The maximum atomic E-state index is 11.2. The van der Waals surface area contributed by atoms with Gasteiger partial charge in [-0.05, 0) is 42.8 Å². The second-order valence-electron chi connectivity index (χ2n) is 5.62. The minimum absolute atomic E-state index is 0.161. The summed E-state index contributed by atoms with van der Waals surface area (Å²) in [7, 11) is 1.64. The summed E-state index contributed by atoms with van der Waals surface area (Å²) in [5.74, 6) is 0.606. The Morgan fingerprint density at radius 1 is 1.30 bits per heavy atom. The number of carbonyl (C=O) groups is 1. The topological polar surface area (TPSA) is 59.0 Å². The van der Waals surface area contributed by atoms with Gasteiger partial charge in [0.05, 0.1) is 24.4 Å². The van der Waals surface area contributed by atoms with Crippen molar-refractivity contribution in [2.45, 2.75) is 19.5 Å². The van der Waals surface area contributed by atoms with Gasteiger partial charge in [-0.2, -0.15) is 0 Å². The van der Waals surface area contributed by atoms with Gasteiger partial charge < -0.3 is 19.5 Å². The van der Waals surface area contributed by atoms with Gasteiger partial charge >= 0.3 is 5.97 Å². The molecule has 5 heteroatoms. The fourth-order valence-electron chi connectivity index (χ4n) is 2.70. The zero-order valence-corrected chi connectivity index (χ0v) is 13.2. The van der Waals surface area contributed by atoms with Gasteiger partial charge in [-0.1, -0.05) is 12.1 Å². The molecule has 2 aromatic carbocycles. The van der Waals surface area contributed by atoms with E-state index in [-0.39, 0.29) is 11.6 Å². The molecule has 0 fully saturated rings. The third-order valence-corrected chi connectivity index (χ3v) is 4.04. The number of carboxylic acid groups (broad SMARTS) is 1. The number of hydrogen-bond donors (Lipinski definition) is 1. The van der Waals surface area contributed by atoms with Crippen molar-refractivity contribution in [1.82, 2.24) is 0 Å². The van der Waals surface area contributed by atoms with E-state index in [0.717, 1.165) is 22.7 Å². The second-order valence-corrected chi connectivity index (χ2v) is 5.62. The molecule has 1 heterocycles. The number of rotatable bonds is 4. The minimum atomic E-state index is -0.935. The van der Waals surface area contributed by atoms with Crippen LogP contribution in [0.1, 0.15) is 22.8 Å². The molecule has 3 rings (SSSR count). The van der Waals surface area contributed by atoms with Crippen molar-refractivity contribution < 1.29 is 19.4 Å².